The second kappa shape index (κ2) is 4.53. The molecule has 3 heteroatoms. The van der Waals surface area contributed by atoms with Crippen LogP contribution in [0, 0.1) is 0 Å². The van der Waals surface area contributed by atoms with Crippen molar-refractivity contribution in [3.8, 4) is 22.5 Å². The van der Waals surface area contributed by atoms with Crippen LogP contribution in [0.15, 0.2) is 54.9 Å². The molecule has 4 rings (SSSR count). The number of fused-ring (bicyclic) bond motifs is 1. The monoisotopic (exact) mass is 261 g/mol. The zero-order chi connectivity index (χ0) is 13.4. The summed E-state index contributed by atoms with van der Waals surface area (Å²) in [5, 5.41) is 3.40. The molecule has 0 radical (unpaired) electrons. The Kier molecular flexibility index (Phi) is 2.56. The maximum atomic E-state index is 4.31. The van der Waals surface area contributed by atoms with E-state index >= 15 is 0 Å². The highest BCUT2D eigenvalue weighted by molar-refractivity contribution is 5.73. The van der Waals surface area contributed by atoms with Crippen LogP contribution in [0.4, 0.5) is 5.69 Å². The first-order valence-corrected chi connectivity index (χ1v) is 6.87. The molecule has 3 nitrogen and oxygen atoms in total. The Morgan fingerprint density at radius 3 is 2.75 bits per heavy atom. The summed E-state index contributed by atoms with van der Waals surface area (Å²) < 4.78 is 0. The Morgan fingerprint density at radius 2 is 1.85 bits per heavy atom. The summed E-state index contributed by atoms with van der Waals surface area (Å²) in [6.07, 6.45) is 4.74. The number of aromatic amines is 1. The summed E-state index contributed by atoms with van der Waals surface area (Å²) in [5.41, 5.74) is 6.29. The van der Waals surface area contributed by atoms with E-state index in [2.05, 4.69) is 57.7 Å². The van der Waals surface area contributed by atoms with Gasteiger partial charge in [0.15, 0.2) is 0 Å². The summed E-state index contributed by atoms with van der Waals surface area (Å²) in [4.78, 5) is 7.47. The molecular formula is C17H15N3. The van der Waals surface area contributed by atoms with Gasteiger partial charge in [0, 0.05) is 30.2 Å². The van der Waals surface area contributed by atoms with Gasteiger partial charge >= 0.3 is 0 Å². The Bertz CT molecular complexity index is 745. The van der Waals surface area contributed by atoms with Gasteiger partial charge in [-0.2, -0.15) is 0 Å². The van der Waals surface area contributed by atoms with Gasteiger partial charge in [-0.3, -0.25) is 0 Å². The summed E-state index contributed by atoms with van der Waals surface area (Å²) in [6, 6.07) is 15.1. The van der Waals surface area contributed by atoms with Crippen LogP contribution in [-0.4, -0.2) is 16.5 Å². The molecule has 2 N–H and O–H groups in total. The largest absolute Gasteiger partial charge is 0.384 e. The van der Waals surface area contributed by atoms with Crippen LogP contribution in [0.25, 0.3) is 22.5 Å². The molecule has 3 aromatic rings. The molecular weight excluding hydrogens is 246 g/mol. The maximum absolute atomic E-state index is 4.31. The minimum atomic E-state index is 0.912. The zero-order valence-electron chi connectivity index (χ0n) is 11.1. The topological polar surface area (TPSA) is 40.7 Å². The van der Waals surface area contributed by atoms with E-state index in [-0.39, 0.29) is 0 Å². The highest BCUT2D eigenvalue weighted by Gasteiger charge is 2.11. The number of nitrogens with zero attached hydrogens (tertiary/aromatic N) is 1. The standard InChI is InChI=1S/C17H15N3/c1-2-12(11-15(3-1)17-19-8-9-20-17)13-4-5-16-14(10-13)6-7-18-16/h1-5,8-11,18H,6-7H2,(H,19,20). The summed E-state index contributed by atoms with van der Waals surface area (Å²) in [6.45, 7) is 1.05. The third kappa shape index (κ3) is 1.88. The third-order valence-electron chi connectivity index (χ3n) is 3.78. The van der Waals surface area contributed by atoms with Crippen molar-refractivity contribution in [2.24, 2.45) is 0 Å². The van der Waals surface area contributed by atoms with Gasteiger partial charge in [0.1, 0.15) is 5.82 Å². The Morgan fingerprint density at radius 1 is 0.950 bits per heavy atom. The van der Waals surface area contributed by atoms with E-state index in [0.29, 0.717) is 0 Å². The lowest BCUT2D eigenvalue weighted by Gasteiger charge is -2.06. The molecule has 0 saturated heterocycles. The quantitative estimate of drug-likeness (QED) is 0.738. The number of nitrogens with one attached hydrogen (secondary N) is 2. The van der Waals surface area contributed by atoms with Crippen molar-refractivity contribution >= 4 is 5.69 Å². The van der Waals surface area contributed by atoms with E-state index in [1.807, 2.05) is 6.20 Å². The second-order valence-electron chi connectivity index (χ2n) is 5.07. The highest BCUT2D eigenvalue weighted by atomic mass is 14.9. The normalized spacial score (nSPS) is 13.0. The number of rotatable bonds is 2. The van der Waals surface area contributed by atoms with Gasteiger partial charge in [0.05, 0.1) is 0 Å². The first kappa shape index (κ1) is 11.3. The zero-order valence-corrected chi connectivity index (χ0v) is 11.1. The minimum absolute atomic E-state index is 0.912. The van der Waals surface area contributed by atoms with Gasteiger partial charge < -0.3 is 10.3 Å². The lowest BCUT2D eigenvalue weighted by molar-refractivity contribution is 1.11. The van der Waals surface area contributed by atoms with Crippen LogP contribution in [0.3, 0.4) is 0 Å². The molecule has 0 atom stereocenters. The van der Waals surface area contributed by atoms with E-state index in [0.717, 1.165) is 24.4 Å². The van der Waals surface area contributed by atoms with Gasteiger partial charge in [-0.1, -0.05) is 24.3 Å². The predicted molar refractivity (Wildman–Crippen MR) is 81.7 cm³/mol. The van der Waals surface area contributed by atoms with Crippen LogP contribution in [0.5, 0.6) is 0 Å². The number of H-pyrrole nitrogens is 1. The second-order valence-corrected chi connectivity index (χ2v) is 5.07. The molecule has 20 heavy (non-hydrogen) atoms. The Labute approximate surface area is 117 Å². The summed E-state index contributed by atoms with van der Waals surface area (Å²) >= 11 is 0. The molecule has 0 unspecified atom stereocenters. The van der Waals surface area contributed by atoms with Crippen molar-refractivity contribution in [2.75, 3.05) is 11.9 Å². The number of aromatic nitrogens is 2. The number of hydrogen-bond acceptors (Lipinski definition) is 2. The number of benzene rings is 2. The van der Waals surface area contributed by atoms with Crippen molar-refractivity contribution in [2.45, 2.75) is 6.42 Å². The van der Waals surface area contributed by atoms with Crippen LogP contribution >= 0.6 is 0 Å². The van der Waals surface area contributed by atoms with Crippen LogP contribution in [0.2, 0.25) is 0 Å². The van der Waals surface area contributed by atoms with Crippen LogP contribution in [0.1, 0.15) is 5.56 Å². The lowest BCUT2D eigenvalue weighted by Crippen LogP contribution is -1.90. The van der Waals surface area contributed by atoms with E-state index in [4.69, 9.17) is 0 Å². The first-order valence-electron chi connectivity index (χ1n) is 6.87. The van der Waals surface area contributed by atoms with Crippen molar-refractivity contribution < 1.29 is 0 Å². The Hall–Kier alpha value is -2.55. The molecule has 2 aromatic carbocycles. The highest BCUT2D eigenvalue weighted by Crippen LogP contribution is 2.30. The number of hydrogen-bond donors (Lipinski definition) is 2. The van der Waals surface area contributed by atoms with Gasteiger partial charge in [-0.05, 0) is 41.3 Å². The fourth-order valence-electron chi connectivity index (χ4n) is 2.75. The van der Waals surface area contributed by atoms with Crippen LogP contribution < -0.4 is 5.32 Å². The number of imidazole rings is 1. The molecule has 0 aliphatic carbocycles. The molecule has 98 valence electrons. The van der Waals surface area contributed by atoms with E-state index in [9.17, 15) is 0 Å². The predicted octanol–water partition coefficient (Wildman–Crippen LogP) is 3.71. The molecule has 1 aliphatic heterocycles. The fourth-order valence-corrected chi connectivity index (χ4v) is 2.75. The molecule has 1 aromatic heterocycles. The van der Waals surface area contributed by atoms with E-state index < -0.39 is 0 Å². The SMILES string of the molecule is c1cc(-c2ccc3c(c2)CCN3)cc(-c2ncc[nH]2)c1. The number of anilines is 1. The summed E-state index contributed by atoms with van der Waals surface area (Å²) in [7, 11) is 0. The van der Waals surface area contributed by atoms with Gasteiger partial charge in [-0.15, -0.1) is 0 Å². The first-order chi connectivity index (χ1) is 9.90. The van der Waals surface area contributed by atoms with Gasteiger partial charge in [0.2, 0.25) is 0 Å². The molecule has 0 spiro atoms. The van der Waals surface area contributed by atoms with Gasteiger partial charge in [-0.25, -0.2) is 4.98 Å². The van der Waals surface area contributed by atoms with Crippen LogP contribution in [-0.2, 0) is 6.42 Å². The maximum Gasteiger partial charge on any atom is 0.137 e. The smallest absolute Gasteiger partial charge is 0.137 e. The van der Waals surface area contributed by atoms with Gasteiger partial charge in [0.25, 0.3) is 0 Å². The fraction of sp³-hybridized carbons (Fsp3) is 0.118. The van der Waals surface area contributed by atoms with Crippen molar-refractivity contribution in [3.63, 3.8) is 0 Å². The molecule has 2 heterocycles. The molecule has 0 saturated carbocycles. The minimum Gasteiger partial charge on any atom is -0.384 e. The van der Waals surface area contributed by atoms with E-state index in [1.165, 1.54) is 22.4 Å². The molecule has 0 bridgehead atoms. The van der Waals surface area contributed by atoms with Crippen molar-refractivity contribution in [1.82, 2.24) is 9.97 Å². The molecule has 1 aliphatic rings. The average molecular weight is 261 g/mol. The lowest BCUT2D eigenvalue weighted by atomic mass is 10.00. The van der Waals surface area contributed by atoms with E-state index in [1.54, 1.807) is 6.20 Å². The molecule has 0 amide bonds. The summed E-state index contributed by atoms with van der Waals surface area (Å²) in [5.74, 6) is 0.912. The average Bonchev–Trinajstić information content (AvgIpc) is 3.18. The third-order valence-corrected chi connectivity index (χ3v) is 3.78. The Balaban J connectivity index is 1.77. The van der Waals surface area contributed by atoms with Crippen molar-refractivity contribution in [3.05, 3.63) is 60.4 Å². The molecule has 0 fully saturated rings. The van der Waals surface area contributed by atoms with Crippen molar-refractivity contribution in [1.29, 1.82) is 0 Å².